The molecule has 3 aromatic rings. The van der Waals surface area contributed by atoms with Crippen molar-refractivity contribution in [2.75, 3.05) is 23.4 Å². The molecule has 1 aromatic carbocycles. The maximum atomic E-state index is 13.4. The molecule has 1 aliphatic rings. The van der Waals surface area contributed by atoms with E-state index in [1.165, 1.54) is 12.1 Å². The van der Waals surface area contributed by atoms with Gasteiger partial charge in [0.15, 0.2) is 5.82 Å². The van der Waals surface area contributed by atoms with Crippen LogP contribution in [-0.4, -0.2) is 29.5 Å². The average Bonchev–Trinajstić information content (AvgIpc) is 2.80. The number of carbonyl (C=O) groups excluding carboxylic acids is 1. The molecule has 146 valence electrons. The fraction of sp³-hybridized carbons (Fsp3) is 0.136. The molecule has 0 saturated heterocycles. The molecule has 3 heterocycles. The van der Waals surface area contributed by atoms with Gasteiger partial charge in [-0.25, -0.2) is 14.4 Å². The SMILES string of the molecule is CCN1c2ncc(/C=C/c3cccc(F)c3)cc2C(=O)N(C)c2ccc(Cl)nc21. The first-order chi connectivity index (χ1) is 14.0. The second-order valence-electron chi connectivity index (χ2n) is 6.61. The lowest BCUT2D eigenvalue weighted by Gasteiger charge is -2.22. The molecule has 0 N–H and O–H groups in total. The lowest BCUT2D eigenvalue weighted by molar-refractivity contribution is 0.0994. The minimum Gasteiger partial charge on any atom is -0.309 e. The van der Waals surface area contributed by atoms with E-state index in [4.69, 9.17) is 11.6 Å². The van der Waals surface area contributed by atoms with Crippen LogP contribution in [0.2, 0.25) is 5.15 Å². The molecule has 0 bridgehead atoms. The Morgan fingerprint density at radius 2 is 1.90 bits per heavy atom. The van der Waals surface area contributed by atoms with E-state index in [1.54, 1.807) is 60.6 Å². The fourth-order valence-electron chi connectivity index (χ4n) is 3.31. The summed E-state index contributed by atoms with van der Waals surface area (Å²) >= 11 is 6.10. The number of nitrogens with zero attached hydrogens (tertiary/aromatic N) is 4. The van der Waals surface area contributed by atoms with E-state index in [-0.39, 0.29) is 11.7 Å². The molecule has 0 aliphatic carbocycles. The number of carbonyl (C=O) groups is 1. The molecule has 0 fully saturated rings. The Morgan fingerprint density at radius 3 is 2.66 bits per heavy atom. The van der Waals surface area contributed by atoms with Crippen LogP contribution in [-0.2, 0) is 0 Å². The Labute approximate surface area is 173 Å². The maximum absolute atomic E-state index is 13.4. The highest BCUT2D eigenvalue weighted by Crippen LogP contribution is 2.38. The number of amides is 1. The zero-order chi connectivity index (χ0) is 20.5. The Hall–Kier alpha value is -3.25. The molecule has 1 aliphatic heterocycles. The van der Waals surface area contributed by atoms with E-state index in [0.29, 0.717) is 34.6 Å². The number of pyridine rings is 2. The second-order valence-corrected chi connectivity index (χ2v) is 7.00. The van der Waals surface area contributed by atoms with Crippen LogP contribution < -0.4 is 9.80 Å². The Balaban J connectivity index is 1.79. The van der Waals surface area contributed by atoms with Gasteiger partial charge in [0.2, 0.25) is 0 Å². The van der Waals surface area contributed by atoms with E-state index in [9.17, 15) is 9.18 Å². The van der Waals surface area contributed by atoms with E-state index >= 15 is 0 Å². The lowest BCUT2D eigenvalue weighted by Crippen LogP contribution is -2.25. The van der Waals surface area contributed by atoms with E-state index in [0.717, 1.165) is 11.1 Å². The van der Waals surface area contributed by atoms with Crippen LogP contribution in [0.5, 0.6) is 0 Å². The van der Waals surface area contributed by atoms with E-state index in [2.05, 4.69) is 9.97 Å². The monoisotopic (exact) mass is 408 g/mol. The number of anilines is 3. The minimum absolute atomic E-state index is 0.185. The highest BCUT2D eigenvalue weighted by molar-refractivity contribution is 6.29. The molecule has 0 radical (unpaired) electrons. The molecule has 1 amide bonds. The number of rotatable bonds is 3. The molecular weight excluding hydrogens is 391 g/mol. The lowest BCUT2D eigenvalue weighted by atomic mass is 10.1. The average molecular weight is 409 g/mol. The second kappa shape index (κ2) is 7.64. The van der Waals surface area contributed by atoms with Crippen LogP contribution in [0.15, 0.2) is 48.7 Å². The summed E-state index contributed by atoms with van der Waals surface area (Å²) in [7, 11) is 1.70. The smallest absolute Gasteiger partial charge is 0.261 e. The number of hydrogen-bond donors (Lipinski definition) is 0. The van der Waals surface area contributed by atoms with Gasteiger partial charge in [-0.3, -0.25) is 4.79 Å². The van der Waals surface area contributed by atoms with E-state index < -0.39 is 0 Å². The molecule has 0 unspecified atom stereocenters. The van der Waals surface area contributed by atoms with Crippen molar-refractivity contribution in [3.8, 4) is 0 Å². The highest BCUT2D eigenvalue weighted by Gasteiger charge is 2.30. The molecule has 0 spiro atoms. The number of hydrogen-bond acceptors (Lipinski definition) is 4. The standard InChI is InChI=1S/C22H18ClFN4O/c1-3-28-20-17(22(29)27(2)18-9-10-19(23)26-21(18)28)12-15(13-25-20)8-7-14-5-4-6-16(24)11-14/h4-13H,3H2,1-2H3/b8-7+. The van der Waals surface area contributed by atoms with Gasteiger partial charge in [-0.05, 0) is 48.4 Å². The van der Waals surface area contributed by atoms with Gasteiger partial charge < -0.3 is 9.80 Å². The fourth-order valence-corrected chi connectivity index (χ4v) is 3.45. The van der Waals surface area contributed by atoms with Crippen LogP contribution in [0.1, 0.15) is 28.4 Å². The van der Waals surface area contributed by atoms with Gasteiger partial charge in [0.25, 0.3) is 5.91 Å². The number of fused-ring (bicyclic) bond motifs is 2. The highest BCUT2D eigenvalue weighted by atomic mass is 35.5. The van der Waals surface area contributed by atoms with Gasteiger partial charge in [-0.2, -0.15) is 0 Å². The first-order valence-electron chi connectivity index (χ1n) is 9.13. The number of benzene rings is 1. The van der Waals surface area contributed by atoms with Crippen molar-refractivity contribution < 1.29 is 9.18 Å². The third-order valence-corrected chi connectivity index (χ3v) is 4.96. The van der Waals surface area contributed by atoms with Gasteiger partial charge in [-0.15, -0.1) is 0 Å². The quantitative estimate of drug-likeness (QED) is 0.560. The predicted molar refractivity (Wildman–Crippen MR) is 114 cm³/mol. The Kier molecular flexibility index (Phi) is 5.03. The zero-order valence-electron chi connectivity index (χ0n) is 15.9. The summed E-state index contributed by atoms with van der Waals surface area (Å²) in [6.07, 6.45) is 5.27. The topological polar surface area (TPSA) is 49.3 Å². The molecule has 5 nitrogen and oxygen atoms in total. The van der Waals surface area contributed by atoms with Crippen molar-refractivity contribution in [2.45, 2.75) is 6.92 Å². The maximum Gasteiger partial charge on any atom is 0.261 e. The van der Waals surface area contributed by atoms with Gasteiger partial charge >= 0.3 is 0 Å². The van der Waals surface area contributed by atoms with Crippen LogP contribution in [0.4, 0.5) is 21.7 Å². The van der Waals surface area contributed by atoms with Crippen molar-refractivity contribution >= 4 is 47.0 Å². The number of halogens is 2. The van der Waals surface area contributed by atoms with Gasteiger partial charge in [0, 0.05) is 19.8 Å². The predicted octanol–water partition coefficient (Wildman–Crippen LogP) is 5.19. The minimum atomic E-state index is -0.300. The Bertz CT molecular complexity index is 1130. The molecule has 0 saturated carbocycles. The van der Waals surface area contributed by atoms with Crippen LogP contribution in [0.3, 0.4) is 0 Å². The summed E-state index contributed by atoms with van der Waals surface area (Å²) in [6.45, 7) is 2.53. The molecule has 4 rings (SSSR count). The molecule has 2 aromatic heterocycles. The summed E-state index contributed by atoms with van der Waals surface area (Å²) in [6, 6.07) is 11.5. The summed E-state index contributed by atoms with van der Waals surface area (Å²) in [5.41, 5.74) is 2.59. The normalized spacial score (nSPS) is 13.4. The Morgan fingerprint density at radius 1 is 1.10 bits per heavy atom. The summed E-state index contributed by atoms with van der Waals surface area (Å²) in [4.78, 5) is 25.5. The first kappa shape index (κ1) is 19.1. The number of aromatic nitrogens is 2. The van der Waals surface area contributed by atoms with Gasteiger partial charge in [0.05, 0.1) is 11.3 Å². The van der Waals surface area contributed by atoms with Crippen LogP contribution >= 0.6 is 11.6 Å². The van der Waals surface area contributed by atoms with E-state index in [1.807, 2.05) is 11.8 Å². The molecule has 29 heavy (non-hydrogen) atoms. The van der Waals surface area contributed by atoms with Gasteiger partial charge in [0.1, 0.15) is 16.8 Å². The van der Waals surface area contributed by atoms with Gasteiger partial charge in [-0.1, -0.05) is 35.9 Å². The largest absolute Gasteiger partial charge is 0.309 e. The summed E-state index contributed by atoms with van der Waals surface area (Å²) in [5.74, 6) is 0.632. The van der Waals surface area contributed by atoms with Crippen molar-refractivity contribution in [3.05, 3.63) is 76.3 Å². The molecule has 0 atom stereocenters. The molecular formula is C22H18ClFN4O. The summed E-state index contributed by atoms with van der Waals surface area (Å²) in [5, 5.41) is 0.348. The van der Waals surface area contributed by atoms with Crippen molar-refractivity contribution in [3.63, 3.8) is 0 Å². The van der Waals surface area contributed by atoms with Crippen molar-refractivity contribution in [1.82, 2.24) is 9.97 Å². The third kappa shape index (κ3) is 3.59. The van der Waals surface area contributed by atoms with Crippen LogP contribution in [0.25, 0.3) is 12.2 Å². The third-order valence-electron chi connectivity index (χ3n) is 4.75. The molecule has 7 heteroatoms. The van der Waals surface area contributed by atoms with Crippen molar-refractivity contribution in [1.29, 1.82) is 0 Å². The zero-order valence-corrected chi connectivity index (χ0v) is 16.7. The first-order valence-corrected chi connectivity index (χ1v) is 9.51. The van der Waals surface area contributed by atoms with Crippen LogP contribution in [0, 0.1) is 5.82 Å². The van der Waals surface area contributed by atoms with Crippen molar-refractivity contribution in [2.24, 2.45) is 0 Å². The summed E-state index contributed by atoms with van der Waals surface area (Å²) < 4.78 is 13.4.